The highest BCUT2D eigenvalue weighted by molar-refractivity contribution is 5.08. The summed E-state index contributed by atoms with van der Waals surface area (Å²) in [5, 5.41) is 4.32. The van der Waals surface area contributed by atoms with Gasteiger partial charge in [-0.2, -0.15) is 5.10 Å². The van der Waals surface area contributed by atoms with E-state index in [0.717, 1.165) is 12.5 Å². The number of hydrogen-bond acceptors (Lipinski definition) is 2. The molecule has 1 unspecified atom stereocenters. The summed E-state index contributed by atoms with van der Waals surface area (Å²) in [6.45, 7) is 5.34. The van der Waals surface area contributed by atoms with Crippen LogP contribution in [0.1, 0.15) is 57.7 Å². The maximum absolute atomic E-state index is 6.42. The van der Waals surface area contributed by atoms with E-state index in [0.29, 0.717) is 5.92 Å². The quantitative estimate of drug-likeness (QED) is 0.871. The molecule has 0 aliphatic heterocycles. The molecular formula is C14H25N3. The fraction of sp³-hybridized carbons (Fsp3) is 0.786. The second-order valence-corrected chi connectivity index (χ2v) is 5.29. The van der Waals surface area contributed by atoms with E-state index in [1.807, 2.05) is 10.9 Å². The Labute approximate surface area is 104 Å². The van der Waals surface area contributed by atoms with Gasteiger partial charge in [0.1, 0.15) is 0 Å². The van der Waals surface area contributed by atoms with Crippen LogP contribution in [-0.4, -0.2) is 9.78 Å². The van der Waals surface area contributed by atoms with E-state index >= 15 is 0 Å². The SMILES string of the molecule is CCC1CCC(C(N)c2ccnn2CC)CC1. The maximum atomic E-state index is 6.42. The Hall–Kier alpha value is -0.830. The Kier molecular flexibility index (Phi) is 4.21. The van der Waals surface area contributed by atoms with Crippen LogP contribution in [0.15, 0.2) is 12.3 Å². The second-order valence-electron chi connectivity index (χ2n) is 5.29. The first-order chi connectivity index (χ1) is 8.26. The highest BCUT2D eigenvalue weighted by Crippen LogP contribution is 2.36. The number of aryl methyl sites for hydroxylation is 1. The second kappa shape index (κ2) is 5.67. The van der Waals surface area contributed by atoms with E-state index in [2.05, 4.69) is 25.0 Å². The highest BCUT2D eigenvalue weighted by atomic mass is 15.3. The van der Waals surface area contributed by atoms with Gasteiger partial charge in [0.2, 0.25) is 0 Å². The molecule has 3 heteroatoms. The lowest BCUT2D eigenvalue weighted by Crippen LogP contribution is -2.28. The molecule has 1 atom stereocenters. The standard InChI is InChI=1S/C14H25N3/c1-3-11-5-7-12(8-6-11)14(15)13-9-10-16-17(13)4-2/h9-12,14H,3-8,15H2,1-2H3. The Morgan fingerprint density at radius 3 is 2.65 bits per heavy atom. The van der Waals surface area contributed by atoms with Crippen LogP contribution in [0.3, 0.4) is 0 Å². The van der Waals surface area contributed by atoms with Crippen LogP contribution in [0.4, 0.5) is 0 Å². The van der Waals surface area contributed by atoms with Crippen molar-refractivity contribution < 1.29 is 0 Å². The first kappa shape index (κ1) is 12.6. The molecule has 1 aromatic rings. The third kappa shape index (κ3) is 2.71. The molecule has 0 aromatic carbocycles. The predicted molar refractivity (Wildman–Crippen MR) is 70.6 cm³/mol. The molecular weight excluding hydrogens is 210 g/mol. The Balaban J connectivity index is 1.99. The molecule has 3 nitrogen and oxygen atoms in total. The molecule has 17 heavy (non-hydrogen) atoms. The van der Waals surface area contributed by atoms with Gasteiger partial charge in [0.25, 0.3) is 0 Å². The van der Waals surface area contributed by atoms with Gasteiger partial charge in [0.05, 0.1) is 5.69 Å². The van der Waals surface area contributed by atoms with E-state index < -0.39 is 0 Å². The average Bonchev–Trinajstić information content (AvgIpc) is 2.86. The zero-order valence-corrected chi connectivity index (χ0v) is 11.1. The molecule has 1 aliphatic carbocycles. The molecule has 2 rings (SSSR count). The van der Waals surface area contributed by atoms with Gasteiger partial charge in [-0.25, -0.2) is 0 Å². The topological polar surface area (TPSA) is 43.8 Å². The average molecular weight is 235 g/mol. The van der Waals surface area contributed by atoms with E-state index in [9.17, 15) is 0 Å². The van der Waals surface area contributed by atoms with Gasteiger partial charge in [-0.3, -0.25) is 4.68 Å². The molecule has 1 saturated carbocycles. The Morgan fingerprint density at radius 1 is 1.35 bits per heavy atom. The molecule has 1 fully saturated rings. The van der Waals surface area contributed by atoms with Crippen molar-refractivity contribution in [3.8, 4) is 0 Å². The van der Waals surface area contributed by atoms with E-state index in [-0.39, 0.29) is 6.04 Å². The number of nitrogens with zero attached hydrogens (tertiary/aromatic N) is 2. The van der Waals surface area contributed by atoms with Crippen molar-refractivity contribution in [1.29, 1.82) is 0 Å². The van der Waals surface area contributed by atoms with Gasteiger partial charge in [0, 0.05) is 18.8 Å². The van der Waals surface area contributed by atoms with Crippen molar-refractivity contribution in [2.24, 2.45) is 17.6 Å². The first-order valence-corrected chi connectivity index (χ1v) is 7.03. The molecule has 0 saturated heterocycles. The summed E-state index contributed by atoms with van der Waals surface area (Å²) in [5.74, 6) is 1.59. The lowest BCUT2D eigenvalue weighted by Gasteiger charge is -2.31. The van der Waals surface area contributed by atoms with Gasteiger partial charge in [-0.05, 0) is 37.7 Å². The van der Waals surface area contributed by atoms with Gasteiger partial charge in [-0.15, -0.1) is 0 Å². The summed E-state index contributed by atoms with van der Waals surface area (Å²) in [5.41, 5.74) is 7.63. The smallest absolute Gasteiger partial charge is 0.0554 e. The molecule has 0 spiro atoms. The molecule has 96 valence electrons. The fourth-order valence-corrected chi connectivity index (χ4v) is 3.09. The molecule has 1 heterocycles. The maximum Gasteiger partial charge on any atom is 0.0554 e. The molecule has 0 amide bonds. The molecule has 0 bridgehead atoms. The number of nitrogens with two attached hydrogens (primary N) is 1. The minimum absolute atomic E-state index is 0.176. The summed E-state index contributed by atoms with van der Waals surface area (Å²) in [4.78, 5) is 0. The normalized spacial score (nSPS) is 27.0. The van der Waals surface area contributed by atoms with Gasteiger partial charge < -0.3 is 5.73 Å². The number of rotatable bonds is 4. The zero-order chi connectivity index (χ0) is 12.3. The zero-order valence-electron chi connectivity index (χ0n) is 11.1. The highest BCUT2D eigenvalue weighted by Gasteiger charge is 2.27. The summed E-state index contributed by atoms with van der Waals surface area (Å²) in [6.07, 6.45) is 8.48. The van der Waals surface area contributed by atoms with Crippen LogP contribution in [0, 0.1) is 11.8 Å². The summed E-state index contributed by atoms with van der Waals surface area (Å²) >= 11 is 0. The monoisotopic (exact) mass is 235 g/mol. The molecule has 1 aromatic heterocycles. The lowest BCUT2D eigenvalue weighted by atomic mass is 9.77. The van der Waals surface area contributed by atoms with Crippen molar-refractivity contribution in [3.05, 3.63) is 18.0 Å². The minimum Gasteiger partial charge on any atom is -0.322 e. The van der Waals surface area contributed by atoms with Crippen molar-refractivity contribution in [2.75, 3.05) is 0 Å². The van der Waals surface area contributed by atoms with E-state index in [4.69, 9.17) is 5.73 Å². The van der Waals surface area contributed by atoms with Crippen molar-refractivity contribution >= 4 is 0 Å². The van der Waals surface area contributed by atoms with Crippen molar-refractivity contribution in [2.45, 2.75) is 58.5 Å². The summed E-state index contributed by atoms with van der Waals surface area (Å²) in [6, 6.07) is 2.26. The van der Waals surface area contributed by atoms with Crippen LogP contribution < -0.4 is 5.73 Å². The third-order valence-corrected chi connectivity index (χ3v) is 4.37. The van der Waals surface area contributed by atoms with Crippen LogP contribution in [0.25, 0.3) is 0 Å². The Bertz CT molecular complexity index is 337. The summed E-state index contributed by atoms with van der Waals surface area (Å²) < 4.78 is 2.04. The third-order valence-electron chi connectivity index (χ3n) is 4.37. The molecule has 1 aliphatic rings. The van der Waals surface area contributed by atoms with E-state index in [1.54, 1.807) is 0 Å². The summed E-state index contributed by atoms with van der Waals surface area (Å²) in [7, 11) is 0. The fourth-order valence-electron chi connectivity index (χ4n) is 3.09. The van der Waals surface area contributed by atoms with Gasteiger partial charge in [-0.1, -0.05) is 26.2 Å². The Morgan fingerprint density at radius 2 is 2.06 bits per heavy atom. The molecule has 2 N–H and O–H groups in total. The largest absolute Gasteiger partial charge is 0.322 e. The van der Waals surface area contributed by atoms with Gasteiger partial charge >= 0.3 is 0 Å². The van der Waals surface area contributed by atoms with E-state index in [1.165, 1.54) is 37.8 Å². The number of hydrogen-bond donors (Lipinski definition) is 1. The van der Waals surface area contributed by atoms with Gasteiger partial charge in [0.15, 0.2) is 0 Å². The van der Waals surface area contributed by atoms with Crippen LogP contribution >= 0.6 is 0 Å². The minimum atomic E-state index is 0.176. The van der Waals surface area contributed by atoms with Crippen LogP contribution in [-0.2, 0) is 6.54 Å². The first-order valence-electron chi connectivity index (χ1n) is 7.03. The molecule has 0 radical (unpaired) electrons. The van der Waals surface area contributed by atoms with Crippen LogP contribution in [0.2, 0.25) is 0 Å². The number of aromatic nitrogens is 2. The van der Waals surface area contributed by atoms with Crippen molar-refractivity contribution in [3.63, 3.8) is 0 Å². The van der Waals surface area contributed by atoms with Crippen molar-refractivity contribution in [1.82, 2.24) is 9.78 Å². The lowest BCUT2D eigenvalue weighted by molar-refractivity contribution is 0.235. The predicted octanol–water partition coefficient (Wildman–Crippen LogP) is 3.12. The van der Waals surface area contributed by atoms with Crippen LogP contribution in [0.5, 0.6) is 0 Å².